The summed E-state index contributed by atoms with van der Waals surface area (Å²) in [7, 11) is 0. The van der Waals surface area contributed by atoms with Crippen LogP contribution in [0.25, 0.3) is 5.69 Å². The highest BCUT2D eigenvalue weighted by atomic mass is 16.2. The van der Waals surface area contributed by atoms with Crippen LogP contribution in [0.3, 0.4) is 0 Å². The summed E-state index contributed by atoms with van der Waals surface area (Å²) >= 11 is 0. The molecular formula is C17H21N5O. The van der Waals surface area contributed by atoms with E-state index in [0.29, 0.717) is 18.0 Å². The molecular weight excluding hydrogens is 290 g/mol. The SMILES string of the molecule is C[C@@H]1C[C@@H]2CCCC[C@H]2N1C(=O)c1cccc(-n2cnnn2)c1. The number of hydrogen-bond donors (Lipinski definition) is 0. The van der Waals surface area contributed by atoms with Crippen LogP contribution in [0.1, 0.15) is 49.4 Å². The number of aromatic nitrogens is 4. The Morgan fingerprint density at radius 3 is 2.96 bits per heavy atom. The third-order valence-corrected chi connectivity index (χ3v) is 5.29. The van der Waals surface area contributed by atoms with Crippen molar-refractivity contribution in [2.45, 2.75) is 51.1 Å². The average molecular weight is 311 g/mol. The van der Waals surface area contributed by atoms with E-state index < -0.39 is 0 Å². The minimum Gasteiger partial charge on any atom is -0.333 e. The fourth-order valence-electron chi connectivity index (χ4n) is 4.27. The summed E-state index contributed by atoms with van der Waals surface area (Å²) in [4.78, 5) is 15.2. The Hall–Kier alpha value is -2.24. The van der Waals surface area contributed by atoms with Crippen LogP contribution in [0, 0.1) is 5.92 Å². The van der Waals surface area contributed by atoms with Gasteiger partial charge >= 0.3 is 0 Å². The third-order valence-electron chi connectivity index (χ3n) is 5.29. The second-order valence-corrected chi connectivity index (χ2v) is 6.71. The smallest absolute Gasteiger partial charge is 0.254 e. The lowest BCUT2D eigenvalue weighted by Gasteiger charge is -2.33. The molecule has 0 radical (unpaired) electrons. The predicted octanol–water partition coefficient (Wildman–Crippen LogP) is 2.46. The number of amides is 1. The van der Waals surface area contributed by atoms with Gasteiger partial charge in [-0.3, -0.25) is 4.79 Å². The molecule has 1 saturated carbocycles. The second-order valence-electron chi connectivity index (χ2n) is 6.71. The largest absolute Gasteiger partial charge is 0.333 e. The lowest BCUT2D eigenvalue weighted by atomic mass is 9.85. The van der Waals surface area contributed by atoms with E-state index in [9.17, 15) is 4.79 Å². The van der Waals surface area contributed by atoms with Crippen LogP contribution in [-0.2, 0) is 0 Å². The number of hydrogen-bond acceptors (Lipinski definition) is 4. The van der Waals surface area contributed by atoms with E-state index in [1.54, 1.807) is 11.0 Å². The van der Waals surface area contributed by atoms with Crippen molar-refractivity contribution in [2.24, 2.45) is 5.92 Å². The first-order valence-electron chi connectivity index (χ1n) is 8.40. The molecule has 1 aromatic heterocycles. The molecule has 2 fully saturated rings. The zero-order valence-electron chi connectivity index (χ0n) is 13.3. The summed E-state index contributed by atoms with van der Waals surface area (Å²) in [5.41, 5.74) is 1.53. The first-order chi connectivity index (χ1) is 11.2. The first kappa shape index (κ1) is 14.4. The summed E-state index contributed by atoms with van der Waals surface area (Å²) in [5.74, 6) is 0.826. The Morgan fingerprint density at radius 2 is 2.13 bits per heavy atom. The molecule has 1 amide bonds. The highest BCUT2D eigenvalue weighted by molar-refractivity contribution is 5.95. The van der Waals surface area contributed by atoms with Gasteiger partial charge in [0.05, 0.1) is 5.69 Å². The summed E-state index contributed by atoms with van der Waals surface area (Å²) in [6.07, 6.45) is 7.65. The average Bonchev–Trinajstić information content (AvgIpc) is 3.21. The van der Waals surface area contributed by atoms with Crippen LogP contribution in [0.4, 0.5) is 0 Å². The Morgan fingerprint density at radius 1 is 1.26 bits per heavy atom. The van der Waals surface area contributed by atoms with E-state index in [1.807, 2.05) is 24.3 Å². The fourth-order valence-corrected chi connectivity index (χ4v) is 4.27. The molecule has 0 unspecified atom stereocenters. The molecule has 2 aromatic rings. The lowest BCUT2D eigenvalue weighted by Crippen LogP contribution is -2.42. The van der Waals surface area contributed by atoms with Gasteiger partial charge in [-0.1, -0.05) is 18.9 Å². The van der Waals surface area contributed by atoms with Gasteiger partial charge in [-0.05, 0) is 60.7 Å². The number of nitrogens with zero attached hydrogens (tertiary/aromatic N) is 5. The highest BCUT2D eigenvalue weighted by Gasteiger charge is 2.42. The zero-order valence-corrected chi connectivity index (χ0v) is 13.3. The van der Waals surface area contributed by atoms with Crippen LogP contribution in [-0.4, -0.2) is 43.1 Å². The standard InChI is InChI=1S/C17H21N5O/c1-12-9-13-5-2-3-8-16(13)22(12)17(23)14-6-4-7-15(10-14)21-11-18-19-20-21/h4,6-7,10-13,16H,2-3,5,8-9H2,1H3/t12-,13+,16-/m1/s1. The number of carbonyl (C=O) groups excluding carboxylic acids is 1. The predicted molar refractivity (Wildman–Crippen MR) is 85.1 cm³/mol. The fraction of sp³-hybridized carbons (Fsp3) is 0.529. The molecule has 1 aromatic carbocycles. The van der Waals surface area contributed by atoms with Crippen molar-refractivity contribution in [1.82, 2.24) is 25.1 Å². The molecule has 1 aliphatic heterocycles. The van der Waals surface area contributed by atoms with Gasteiger partial charge in [0.2, 0.25) is 0 Å². The van der Waals surface area contributed by atoms with Gasteiger partial charge in [0.1, 0.15) is 6.33 Å². The van der Waals surface area contributed by atoms with Crippen LogP contribution in [0.15, 0.2) is 30.6 Å². The van der Waals surface area contributed by atoms with Gasteiger partial charge < -0.3 is 4.90 Å². The Kier molecular flexibility index (Phi) is 3.59. The number of tetrazole rings is 1. The van der Waals surface area contributed by atoms with Gasteiger partial charge in [0.25, 0.3) is 5.91 Å². The lowest BCUT2D eigenvalue weighted by molar-refractivity contribution is 0.0633. The van der Waals surface area contributed by atoms with Crippen LogP contribution in [0.2, 0.25) is 0 Å². The quantitative estimate of drug-likeness (QED) is 0.854. The van der Waals surface area contributed by atoms with Crippen molar-refractivity contribution in [1.29, 1.82) is 0 Å². The molecule has 3 atom stereocenters. The number of likely N-dealkylation sites (tertiary alicyclic amines) is 1. The van der Waals surface area contributed by atoms with Gasteiger partial charge in [-0.2, -0.15) is 0 Å². The summed E-state index contributed by atoms with van der Waals surface area (Å²) in [6, 6.07) is 8.31. The molecule has 2 aliphatic rings. The van der Waals surface area contributed by atoms with Crippen molar-refractivity contribution >= 4 is 5.91 Å². The van der Waals surface area contributed by atoms with Crippen molar-refractivity contribution < 1.29 is 4.79 Å². The molecule has 6 heteroatoms. The van der Waals surface area contributed by atoms with E-state index >= 15 is 0 Å². The van der Waals surface area contributed by atoms with Crippen LogP contribution < -0.4 is 0 Å². The van der Waals surface area contributed by atoms with Crippen molar-refractivity contribution in [3.8, 4) is 5.69 Å². The molecule has 6 nitrogen and oxygen atoms in total. The third kappa shape index (κ3) is 2.52. The van der Waals surface area contributed by atoms with E-state index in [0.717, 1.165) is 24.1 Å². The van der Waals surface area contributed by atoms with Gasteiger partial charge in [0, 0.05) is 17.6 Å². The van der Waals surface area contributed by atoms with Crippen molar-refractivity contribution in [2.75, 3.05) is 0 Å². The monoisotopic (exact) mass is 311 g/mol. The first-order valence-corrected chi connectivity index (χ1v) is 8.40. The van der Waals surface area contributed by atoms with E-state index in [2.05, 4.69) is 27.3 Å². The number of carbonyl (C=O) groups is 1. The Bertz CT molecular complexity index is 699. The van der Waals surface area contributed by atoms with Gasteiger partial charge in [0.15, 0.2) is 0 Å². The molecule has 2 heterocycles. The van der Waals surface area contributed by atoms with E-state index in [4.69, 9.17) is 0 Å². The zero-order chi connectivity index (χ0) is 15.8. The van der Waals surface area contributed by atoms with Crippen LogP contribution >= 0.6 is 0 Å². The summed E-state index contributed by atoms with van der Waals surface area (Å²) in [5, 5.41) is 11.2. The molecule has 1 saturated heterocycles. The second kappa shape index (κ2) is 5.76. The van der Waals surface area contributed by atoms with E-state index in [-0.39, 0.29) is 5.91 Å². The van der Waals surface area contributed by atoms with Gasteiger partial charge in [-0.15, -0.1) is 5.10 Å². The minimum atomic E-state index is 0.141. The molecule has 0 bridgehead atoms. The number of fused-ring (bicyclic) bond motifs is 1. The van der Waals surface area contributed by atoms with Crippen molar-refractivity contribution in [3.63, 3.8) is 0 Å². The van der Waals surface area contributed by atoms with Gasteiger partial charge in [-0.25, -0.2) is 4.68 Å². The summed E-state index contributed by atoms with van der Waals surface area (Å²) in [6.45, 7) is 2.18. The molecule has 0 spiro atoms. The van der Waals surface area contributed by atoms with Crippen molar-refractivity contribution in [3.05, 3.63) is 36.2 Å². The van der Waals surface area contributed by atoms with Crippen LogP contribution in [0.5, 0.6) is 0 Å². The molecule has 0 N–H and O–H groups in total. The molecule has 23 heavy (non-hydrogen) atoms. The number of benzene rings is 1. The highest BCUT2D eigenvalue weighted by Crippen LogP contribution is 2.40. The topological polar surface area (TPSA) is 63.9 Å². The maximum atomic E-state index is 13.1. The molecule has 120 valence electrons. The maximum absolute atomic E-state index is 13.1. The normalized spacial score (nSPS) is 27.0. The minimum absolute atomic E-state index is 0.141. The summed E-state index contributed by atoms with van der Waals surface area (Å²) < 4.78 is 1.58. The molecule has 1 aliphatic carbocycles. The molecule has 4 rings (SSSR count). The van der Waals surface area contributed by atoms with E-state index in [1.165, 1.54) is 19.3 Å². The maximum Gasteiger partial charge on any atom is 0.254 e. The Labute approximate surface area is 135 Å². The Balaban J connectivity index is 1.62. The number of rotatable bonds is 2.